The van der Waals surface area contributed by atoms with Crippen LogP contribution in [0.2, 0.25) is 0 Å². The van der Waals surface area contributed by atoms with E-state index in [0.717, 1.165) is 5.56 Å². The molecule has 0 spiro atoms. The molecule has 17 heavy (non-hydrogen) atoms. The minimum atomic E-state index is 0.0859. The Morgan fingerprint density at radius 3 is 2.41 bits per heavy atom. The Labute approximate surface area is 100 Å². The number of rotatable bonds is 2. The Morgan fingerprint density at radius 1 is 1.24 bits per heavy atom. The monoisotopic (exact) mass is 235 g/mol. The zero-order valence-electron chi connectivity index (χ0n) is 9.98. The summed E-state index contributed by atoms with van der Waals surface area (Å²) in [5, 5.41) is 0. The van der Waals surface area contributed by atoms with Crippen LogP contribution in [0.3, 0.4) is 0 Å². The molecule has 1 aliphatic rings. The van der Waals surface area contributed by atoms with Gasteiger partial charge in [0, 0.05) is 45.5 Å². The van der Waals surface area contributed by atoms with E-state index in [-0.39, 0.29) is 11.8 Å². The molecule has 2 heterocycles. The molecule has 5 heteroatoms. The van der Waals surface area contributed by atoms with Gasteiger partial charge in [-0.15, -0.1) is 0 Å². The van der Waals surface area contributed by atoms with Crippen LogP contribution in [0.1, 0.15) is 12.5 Å². The van der Waals surface area contributed by atoms with Crippen molar-refractivity contribution in [2.45, 2.75) is 13.3 Å². The van der Waals surface area contributed by atoms with Gasteiger partial charge in [0.15, 0.2) is 0 Å². The molecular weight excluding hydrogens is 218 g/mol. The average molecular weight is 235 g/mol. The fraction of sp³-hybridized carbons (Fsp3) is 0.500. The highest BCUT2D eigenvalue weighted by Gasteiger charge is 2.22. The van der Waals surface area contributed by atoms with Gasteiger partial charge < -0.3 is 14.8 Å². The second-order valence-electron chi connectivity index (χ2n) is 4.28. The highest BCUT2D eigenvalue weighted by atomic mass is 16.2. The summed E-state index contributed by atoms with van der Waals surface area (Å²) in [4.78, 5) is 29.6. The van der Waals surface area contributed by atoms with Crippen molar-refractivity contribution in [1.82, 2.24) is 14.8 Å². The summed E-state index contributed by atoms with van der Waals surface area (Å²) >= 11 is 0. The molecule has 1 aromatic heterocycles. The molecule has 1 fully saturated rings. The predicted octanol–water partition coefficient (Wildman–Crippen LogP) is 0.248. The minimum Gasteiger partial charge on any atom is -0.367 e. The number of hydrogen-bond acceptors (Lipinski definition) is 2. The van der Waals surface area contributed by atoms with Gasteiger partial charge in [0.25, 0.3) is 0 Å². The summed E-state index contributed by atoms with van der Waals surface area (Å²) in [6.07, 6.45) is 4.09. The number of hydrogen-bond donors (Lipinski definition) is 1. The van der Waals surface area contributed by atoms with Crippen LogP contribution >= 0.6 is 0 Å². The number of aromatic nitrogens is 1. The number of amides is 2. The van der Waals surface area contributed by atoms with Crippen LogP contribution in [-0.4, -0.2) is 52.8 Å². The number of piperazine rings is 1. The highest BCUT2D eigenvalue weighted by molar-refractivity contribution is 5.79. The van der Waals surface area contributed by atoms with Crippen molar-refractivity contribution in [3.05, 3.63) is 24.0 Å². The first-order chi connectivity index (χ1) is 8.16. The molecule has 1 aromatic rings. The van der Waals surface area contributed by atoms with Crippen LogP contribution in [0.5, 0.6) is 0 Å². The Balaban J connectivity index is 1.84. The standard InChI is InChI=1S/C12H17N3O2/c1-10(16)14-4-6-15(7-5-14)12(17)8-11-2-3-13-9-11/h2-3,9,13H,4-8H2,1H3. The van der Waals surface area contributed by atoms with Crippen LogP contribution in [0.4, 0.5) is 0 Å². The maximum absolute atomic E-state index is 12.0. The Bertz CT molecular complexity index is 392. The van der Waals surface area contributed by atoms with Crippen molar-refractivity contribution < 1.29 is 9.59 Å². The smallest absolute Gasteiger partial charge is 0.227 e. The average Bonchev–Trinajstić information content (AvgIpc) is 2.82. The van der Waals surface area contributed by atoms with Gasteiger partial charge in [0.05, 0.1) is 6.42 Å². The molecule has 1 saturated heterocycles. The van der Waals surface area contributed by atoms with E-state index in [2.05, 4.69) is 4.98 Å². The summed E-state index contributed by atoms with van der Waals surface area (Å²) in [5.74, 6) is 0.218. The van der Waals surface area contributed by atoms with Gasteiger partial charge in [-0.05, 0) is 11.6 Å². The molecule has 0 aromatic carbocycles. The maximum Gasteiger partial charge on any atom is 0.227 e. The molecular formula is C12H17N3O2. The van der Waals surface area contributed by atoms with E-state index in [9.17, 15) is 9.59 Å². The first-order valence-corrected chi connectivity index (χ1v) is 5.82. The molecule has 0 unspecified atom stereocenters. The van der Waals surface area contributed by atoms with Crippen molar-refractivity contribution in [3.63, 3.8) is 0 Å². The number of carbonyl (C=O) groups is 2. The van der Waals surface area contributed by atoms with Gasteiger partial charge in [-0.1, -0.05) is 0 Å². The molecule has 0 aliphatic carbocycles. The molecule has 1 N–H and O–H groups in total. The van der Waals surface area contributed by atoms with E-state index in [1.165, 1.54) is 0 Å². The summed E-state index contributed by atoms with van der Waals surface area (Å²) in [6, 6.07) is 1.91. The lowest BCUT2D eigenvalue weighted by molar-refractivity contribution is -0.138. The van der Waals surface area contributed by atoms with Crippen LogP contribution in [0.25, 0.3) is 0 Å². The lowest BCUT2D eigenvalue weighted by Crippen LogP contribution is -2.50. The maximum atomic E-state index is 12.0. The SMILES string of the molecule is CC(=O)N1CCN(C(=O)Cc2cc[nH]c2)CC1. The van der Waals surface area contributed by atoms with Gasteiger partial charge in [-0.2, -0.15) is 0 Å². The van der Waals surface area contributed by atoms with E-state index in [1.807, 2.05) is 23.4 Å². The first-order valence-electron chi connectivity index (χ1n) is 5.82. The second-order valence-corrected chi connectivity index (χ2v) is 4.28. The zero-order chi connectivity index (χ0) is 12.3. The Kier molecular flexibility index (Phi) is 3.46. The molecule has 2 rings (SSSR count). The number of carbonyl (C=O) groups excluding carboxylic acids is 2. The molecule has 1 aliphatic heterocycles. The third kappa shape index (κ3) is 2.87. The minimum absolute atomic E-state index is 0.0859. The number of H-pyrrole nitrogens is 1. The van der Waals surface area contributed by atoms with E-state index < -0.39 is 0 Å². The van der Waals surface area contributed by atoms with Crippen molar-refractivity contribution in [2.24, 2.45) is 0 Å². The van der Waals surface area contributed by atoms with E-state index in [1.54, 1.807) is 11.8 Å². The van der Waals surface area contributed by atoms with Crippen molar-refractivity contribution in [1.29, 1.82) is 0 Å². The van der Waals surface area contributed by atoms with Gasteiger partial charge in [0.1, 0.15) is 0 Å². The highest BCUT2D eigenvalue weighted by Crippen LogP contribution is 2.06. The summed E-state index contributed by atoms with van der Waals surface area (Å²) in [5.41, 5.74) is 1.00. The fourth-order valence-electron chi connectivity index (χ4n) is 2.03. The van der Waals surface area contributed by atoms with Crippen molar-refractivity contribution in [2.75, 3.05) is 26.2 Å². The molecule has 92 valence electrons. The second kappa shape index (κ2) is 5.03. The summed E-state index contributed by atoms with van der Waals surface area (Å²) in [7, 11) is 0. The number of nitrogens with one attached hydrogen (secondary N) is 1. The van der Waals surface area contributed by atoms with Crippen LogP contribution in [0.15, 0.2) is 18.5 Å². The third-order valence-corrected chi connectivity index (χ3v) is 3.10. The molecule has 0 saturated carbocycles. The summed E-state index contributed by atoms with van der Waals surface area (Å²) in [6.45, 7) is 4.14. The number of nitrogens with zero attached hydrogens (tertiary/aromatic N) is 2. The Hall–Kier alpha value is -1.78. The molecule has 2 amide bonds. The molecule has 0 bridgehead atoms. The van der Waals surface area contributed by atoms with Gasteiger partial charge in [0.2, 0.25) is 11.8 Å². The topological polar surface area (TPSA) is 56.4 Å². The first kappa shape index (κ1) is 11.7. The normalized spacial score (nSPS) is 16.1. The summed E-state index contributed by atoms with van der Waals surface area (Å²) < 4.78 is 0. The Morgan fingerprint density at radius 2 is 1.88 bits per heavy atom. The number of aromatic amines is 1. The fourth-order valence-corrected chi connectivity index (χ4v) is 2.03. The molecule has 0 radical (unpaired) electrons. The molecule has 5 nitrogen and oxygen atoms in total. The van der Waals surface area contributed by atoms with Gasteiger partial charge in [-0.3, -0.25) is 9.59 Å². The quantitative estimate of drug-likeness (QED) is 0.798. The van der Waals surface area contributed by atoms with Crippen molar-refractivity contribution >= 4 is 11.8 Å². The van der Waals surface area contributed by atoms with E-state index in [4.69, 9.17) is 0 Å². The predicted molar refractivity (Wildman–Crippen MR) is 63.3 cm³/mol. The van der Waals surface area contributed by atoms with Crippen LogP contribution in [0, 0.1) is 0 Å². The lowest BCUT2D eigenvalue weighted by atomic mass is 10.2. The van der Waals surface area contributed by atoms with Gasteiger partial charge >= 0.3 is 0 Å². The van der Waals surface area contributed by atoms with Gasteiger partial charge in [-0.25, -0.2) is 0 Å². The molecule has 0 atom stereocenters. The van der Waals surface area contributed by atoms with E-state index in [0.29, 0.717) is 32.6 Å². The zero-order valence-corrected chi connectivity index (χ0v) is 9.98. The van der Waals surface area contributed by atoms with Crippen molar-refractivity contribution in [3.8, 4) is 0 Å². The van der Waals surface area contributed by atoms with Crippen LogP contribution in [-0.2, 0) is 16.0 Å². The van der Waals surface area contributed by atoms with Crippen LogP contribution < -0.4 is 0 Å². The third-order valence-electron chi connectivity index (χ3n) is 3.10. The van der Waals surface area contributed by atoms with E-state index >= 15 is 0 Å². The lowest BCUT2D eigenvalue weighted by Gasteiger charge is -2.34. The largest absolute Gasteiger partial charge is 0.367 e.